The molecule has 1 aliphatic carbocycles. The molecule has 1 aromatic rings. The first-order valence-electron chi connectivity index (χ1n) is 7.94. The van der Waals surface area contributed by atoms with Gasteiger partial charge in [-0.3, -0.25) is 0 Å². The molecule has 1 aliphatic rings. The standard InChI is InChI=1S/C17H27NO3/c1-3-4-9-20-10-11-21-17-12-14(5-8-16(17)19-2)13-18-15-6-7-15/h5,8,12,15,18H,3-4,6-7,9-11,13H2,1-2H3. The summed E-state index contributed by atoms with van der Waals surface area (Å²) < 4.78 is 16.6. The van der Waals surface area contributed by atoms with Crippen LogP contribution in [0.3, 0.4) is 0 Å². The van der Waals surface area contributed by atoms with Crippen LogP contribution in [-0.4, -0.2) is 33.0 Å². The molecule has 118 valence electrons. The van der Waals surface area contributed by atoms with Crippen LogP contribution in [0.5, 0.6) is 11.5 Å². The van der Waals surface area contributed by atoms with Crippen molar-refractivity contribution < 1.29 is 14.2 Å². The maximum Gasteiger partial charge on any atom is 0.161 e. The Bertz CT molecular complexity index is 418. The molecular weight excluding hydrogens is 266 g/mol. The van der Waals surface area contributed by atoms with E-state index in [9.17, 15) is 0 Å². The highest BCUT2D eigenvalue weighted by Crippen LogP contribution is 2.28. The van der Waals surface area contributed by atoms with Crippen LogP contribution in [0.4, 0.5) is 0 Å². The number of hydrogen-bond acceptors (Lipinski definition) is 4. The predicted molar refractivity (Wildman–Crippen MR) is 84.1 cm³/mol. The molecule has 0 aliphatic heterocycles. The van der Waals surface area contributed by atoms with Gasteiger partial charge in [0.15, 0.2) is 11.5 Å². The van der Waals surface area contributed by atoms with Gasteiger partial charge in [0.2, 0.25) is 0 Å². The van der Waals surface area contributed by atoms with Crippen LogP contribution in [0, 0.1) is 0 Å². The molecule has 21 heavy (non-hydrogen) atoms. The van der Waals surface area contributed by atoms with E-state index in [-0.39, 0.29) is 0 Å². The molecule has 0 unspecified atom stereocenters. The van der Waals surface area contributed by atoms with E-state index in [4.69, 9.17) is 14.2 Å². The van der Waals surface area contributed by atoms with Crippen LogP contribution >= 0.6 is 0 Å². The van der Waals surface area contributed by atoms with Gasteiger partial charge in [0.1, 0.15) is 6.61 Å². The van der Waals surface area contributed by atoms with Gasteiger partial charge in [0, 0.05) is 19.2 Å². The second-order valence-electron chi connectivity index (χ2n) is 5.45. The number of methoxy groups -OCH3 is 1. The van der Waals surface area contributed by atoms with Crippen LogP contribution < -0.4 is 14.8 Å². The van der Waals surface area contributed by atoms with E-state index < -0.39 is 0 Å². The topological polar surface area (TPSA) is 39.7 Å². The predicted octanol–water partition coefficient (Wildman–Crippen LogP) is 3.14. The molecule has 4 heteroatoms. The quantitative estimate of drug-likeness (QED) is 0.636. The first-order chi connectivity index (χ1) is 10.3. The third kappa shape index (κ3) is 5.94. The number of hydrogen-bond donors (Lipinski definition) is 1. The largest absolute Gasteiger partial charge is 0.493 e. The minimum absolute atomic E-state index is 0.555. The molecule has 1 N–H and O–H groups in total. The third-order valence-corrected chi connectivity index (χ3v) is 3.53. The van der Waals surface area contributed by atoms with Crippen molar-refractivity contribution in [2.24, 2.45) is 0 Å². The molecule has 0 spiro atoms. The fourth-order valence-corrected chi connectivity index (χ4v) is 2.05. The van der Waals surface area contributed by atoms with E-state index in [2.05, 4.69) is 24.4 Å². The fraction of sp³-hybridized carbons (Fsp3) is 0.647. The summed E-state index contributed by atoms with van der Waals surface area (Å²) in [6.07, 6.45) is 4.86. The Morgan fingerprint density at radius 1 is 1.14 bits per heavy atom. The molecule has 0 radical (unpaired) electrons. The van der Waals surface area contributed by atoms with Crippen LogP contribution in [0.15, 0.2) is 18.2 Å². The first kappa shape index (κ1) is 16.1. The summed E-state index contributed by atoms with van der Waals surface area (Å²) >= 11 is 0. The number of ether oxygens (including phenoxy) is 3. The Morgan fingerprint density at radius 2 is 2.00 bits per heavy atom. The lowest BCUT2D eigenvalue weighted by Gasteiger charge is -2.13. The van der Waals surface area contributed by atoms with Gasteiger partial charge in [-0.15, -0.1) is 0 Å². The second kappa shape index (κ2) is 8.90. The molecule has 1 fully saturated rings. The minimum atomic E-state index is 0.555. The molecule has 0 aromatic heterocycles. The Kier molecular flexibility index (Phi) is 6.83. The SMILES string of the molecule is CCCCOCCOc1cc(CNC2CC2)ccc1OC. The number of benzene rings is 1. The normalized spacial score (nSPS) is 14.2. The van der Waals surface area contributed by atoms with Crippen LogP contribution in [0.2, 0.25) is 0 Å². The molecule has 4 nitrogen and oxygen atoms in total. The van der Waals surface area contributed by atoms with E-state index in [1.165, 1.54) is 18.4 Å². The van der Waals surface area contributed by atoms with Gasteiger partial charge in [0.25, 0.3) is 0 Å². The lowest BCUT2D eigenvalue weighted by molar-refractivity contribution is 0.0970. The van der Waals surface area contributed by atoms with Crippen LogP contribution in [0.1, 0.15) is 38.2 Å². The summed E-state index contributed by atoms with van der Waals surface area (Å²) in [4.78, 5) is 0. The highest BCUT2D eigenvalue weighted by Gasteiger charge is 2.20. The Hall–Kier alpha value is -1.26. The smallest absolute Gasteiger partial charge is 0.161 e. The summed E-state index contributed by atoms with van der Waals surface area (Å²) in [5, 5.41) is 3.51. The van der Waals surface area contributed by atoms with E-state index in [1.807, 2.05) is 6.07 Å². The van der Waals surface area contributed by atoms with Gasteiger partial charge >= 0.3 is 0 Å². The molecule has 1 aromatic carbocycles. The van der Waals surface area contributed by atoms with Gasteiger partial charge in [-0.2, -0.15) is 0 Å². The summed E-state index contributed by atoms with van der Waals surface area (Å²) in [6.45, 7) is 5.03. The Labute approximate surface area is 127 Å². The lowest BCUT2D eigenvalue weighted by Crippen LogP contribution is -2.15. The summed E-state index contributed by atoms with van der Waals surface area (Å²) in [5.74, 6) is 1.57. The first-order valence-corrected chi connectivity index (χ1v) is 7.94. The molecule has 0 saturated heterocycles. The van der Waals surface area contributed by atoms with Crippen molar-refractivity contribution in [2.75, 3.05) is 26.9 Å². The number of nitrogens with one attached hydrogen (secondary N) is 1. The second-order valence-corrected chi connectivity index (χ2v) is 5.45. The van der Waals surface area contributed by atoms with E-state index in [0.29, 0.717) is 19.3 Å². The van der Waals surface area contributed by atoms with Crippen molar-refractivity contribution in [3.05, 3.63) is 23.8 Å². The maximum atomic E-state index is 5.79. The fourth-order valence-electron chi connectivity index (χ4n) is 2.05. The van der Waals surface area contributed by atoms with Gasteiger partial charge in [-0.05, 0) is 37.0 Å². The third-order valence-electron chi connectivity index (χ3n) is 3.53. The zero-order chi connectivity index (χ0) is 14.9. The van der Waals surface area contributed by atoms with Crippen molar-refractivity contribution >= 4 is 0 Å². The Morgan fingerprint density at radius 3 is 2.71 bits per heavy atom. The molecule has 0 amide bonds. The number of rotatable bonds is 11. The molecule has 0 bridgehead atoms. The maximum absolute atomic E-state index is 5.79. The van der Waals surface area contributed by atoms with Crippen molar-refractivity contribution in [1.82, 2.24) is 5.32 Å². The molecular formula is C17H27NO3. The monoisotopic (exact) mass is 293 g/mol. The van der Waals surface area contributed by atoms with Gasteiger partial charge in [0.05, 0.1) is 13.7 Å². The zero-order valence-corrected chi connectivity index (χ0v) is 13.2. The van der Waals surface area contributed by atoms with Crippen molar-refractivity contribution in [1.29, 1.82) is 0 Å². The van der Waals surface area contributed by atoms with E-state index in [1.54, 1.807) is 7.11 Å². The average Bonchev–Trinajstić information content (AvgIpc) is 3.33. The van der Waals surface area contributed by atoms with Crippen molar-refractivity contribution in [3.63, 3.8) is 0 Å². The van der Waals surface area contributed by atoms with Crippen molar-refractivity contribution in [2.45, 2.75) is 45.2 Å². The van der Waals surface area contributed by atoms with Gasteiger partial charge in [-0.1, -0.05) is 19.4 Å². The van der Waals surface area contributed by atoms with Crippen molar-refractivity contribution in [3.8, 4) is 11.5 Å². The van der Waals surface area contributed by atoms with Crippen LogP contribution in [0.25, 0.3) is 0 Å². The van der Waals surface area contributed by atoms with Gasteiger partial charge in [-0.25, -0.2) is 0 Å². The molecule has 0 atom stereocenters. The summed E-state index contributed by atoms with van der Waals surface area (Å²) in [7, 11) is 1.67. The van der Waals surface area contributed by atoms with E-state index in [0.717, 1.165) is 37.5 Å². The van der Waals surface area contributed by atoms with E-state index >= 15 is 0 Å². The summed E-state index contributed by atoms with van der Waals surface area (Å²) in [5.41, 5.74) is 1.23. The zero-order valence-electron chi connectivity index (χ0n) is 13.2. The average molecular weight is 293 g/mol. The molecule has 1 saturated carbocycles. The number of unbranched alkanes of at least 4 members (excludes halogenated alkanes) is 1. The lowest BCUT2D eigenvalue weighted by atomic mass is 10.2. The van der Waals surface area contributed by atoms with Gasteiger partial charge < -0.3 is 19.5 Å². The van der Waals surface area contributed by atoms with Crippen LogP contribution in [-0.2, 0) is 11.3 Å². The minimum Gasteiger partial charge on any atom is -0.493 e. The molecule has 0 heterocycles. The summed E-state index contributed by atoms with van der Waals surface area (Å²) in [6, 6.07) is 6.82. The highest BCUT2D eigenvalue weighted by molar-refractivity contribution is 5.43. The highest BCUT2D eigenvalue weighted by atomic mass is 16.5. The Balaban J connectivity index is 1.78. The molecule has 2 rings (SSSR count).